The molecule has 3 rings (SSSR count). The van der Waals surface area contributed by atoms with Gasteiger partial charge in [0.05, 0.1) is 11.5 Å². The number of hydrogen-bond acceptors (Lipinski definition) is 4. The van der Waals surface area contributed by atoms with Crippen molar-refractivity contribution < 1.29 is 13.2 Å². The number of ether oxygens (including phenoxy) is 1. The molecule has 2 heterocycles. The first-order chi connectivity index (χ1) is 12.4. The topological polar surface area (TPSA) is 79.8 Å². The van der Waals surface area contributed by atoms with E-state index in [1.807, 2.05) is 0 Å². The van der Waals surface area contributed by atoms with E-state index in [-0.39, 0.29) is 35.3 Å². The molecular weight excluding hydrogens is 477 g/mol. The van der Waals surface area contributed by atoms with Crippen LogP contribution >= 0.6 is 24.0 Å². The lowest BCUT2D eigenvalue weighted by atomic mass is 9.82. The number of aliphatic imine (C=N–C) groups is 1. The summed E-state index contributed by atoms with van der Waals surface area (Å²) in [6, 6.07) is 0.491. The Hall–Kier alpha value is -0.0900. The van der Waals surface area contributed by atoms with Gasteiger partial charge in [0, 0.05) is 32.3 Å². The first-order valence-corrected chi connectivity index (χ1v) is 12.1. The number of nitrogens with one attached hydrogen (secondary N) is 2. The van der Waals surface area contributed by atoms with Crippen molar-refractivity contribution in [1.82, 2.24) is 10.6 Å². The van der Waals surface area contributed by atoms with Crippen LogP contribution in [0.3, 0.4) is 0 Å². The normalized spacial score (nSPS) is 28.3. The molecule has 0 spiro atoms. The molecule has 158 valence electrons. The molecule has 1 saturated carbocycles. The molecule has 0 aromatic carbocycles. The van der Waals surface area contributed by atoms with Gasteiger partial charge in [-0.2, -0.15) is 0 Å². The molecule has 0 aromatic heterocycles. The van der Waals surface area contributed by atoms with E-state index in [1.54, 1.807) is 0 Å². The van der Waals surface area contributed by atoms with E-state index in [0.29, 0.717) is 24.1 Å². The summed E-state index contributed by atoms with van der Waals surface area (Å²) in [5.41, 5.74) is 0.204. The lowest BCUT2D eigenvalue weighted by Crippen LogP contribution is -2.46. The molecule has 3 aliphatic rings. The van der Waals surface area contributed by atoms with Gasteiger partial charge >= 0.3 is 0 Å². The summed E-state index contributed by atoms with van der Waals surface area (Å²) in [7, 11) is -2.82. The lowest BCUT2D eigenvalue weighted by Gasteiger charge is -2.32. The Morgan fingerprint density at radius 2 is 1.85 bits per heavy atom. The van der Waals surface area contributed by atoms with E-state index in [2.05, 4.69) is 17.6 Å². The van der Waals surface area contributed by atoms with Gasteiger partial charge in [-0.3, -0.25) is 4.99 Å². The predicted octanol–water partition coefficient (Wildman–Crippen LogP) is 2.72. The van der Waals surface area contributed by atoms with Gasteiger partial charge in [-0.25, -0.2) is 8.42 Å². The van der Waals surface area contributed by atoms with Gasteiger partial charge in [0.25, 0.3) is 0 Å². The molecule has 1 aliphatic carbocycles. The van der Waals surface area contributed by atoms with E-state index in [4.69, 9.17) is 9.73 Å². The van der Waals surface area contributed by atoms with Crippen LogP contribution < -0.4 is 10.6 Å². The fraction of sp³-hybridized carbons (Fsp3) is 0.947. The molecule has 2 N–H and O–H groups in total. The van der Waals surface area contributed by atoms with Crippen LogP contribution in [0, 0.1) is 11.3 Å². The van der Waals surface area contributed by atoms with Crippen molar-refractivity contribution >= 4 is 39.8 Å². The fourth-order valence-corrected chi connectivity index (χ4v) is 6.02. The molecule has 6 nitrogen and oxygen atoms in total. The maximum Gasteiger partial charge on any atom is 0.191 e. The quantitative estimate of drug-likeness (QED) is 0.336. The number of sulfone groups is 1. The number of halogens is 1. The third kappa shape index (κ3) is 7.68. The number of hydrogen-bond donors (Lipinski definition) is 2. The van der Waals surface area contributed by atoms with Crippen molar-refractivity contribution in [1.29, 1.82) is 0 Å². The Kier molecular flexibility index (Phi) is 9.12. The van der Waals surface area contributed by atoms with Crippen molar-refractivity contribution in [3.63, 3.8) is 0 Å². The zero-order valence-corrected chi connectivity index (χ0v) is 19.7. The van der Waals surface area contributed by atoms with Gasteiger partial charge in [0.1, 0.15) is 0 Å². The van der Waals surface area contributed by atoms with Gasteiger partial charge in [0.2, 0.25) is 0 Å². The Labute approximate surface area is 181 Å². The minimum absolute atomic E-state index is 0. The van der Waals surface area contributed by atoms with Crippen molar-refractivity contribution in [3.8, 4) is 0 Å². The molecule has 0 radical (unpaired) electrons. The van der Waals surface area contributed by atoms with Crippen LogP contribution in [0.25, 0.3) is 0 Å². The SMILES string of the molecule is CC1(CN=C(NCC2CCS(=O)(=O)C2)NC2CCCCC2)CCOCC1.I. The molecule has 0 bridgehead atoms. The van der Waals surface area contributed by atoms with Crippen molar-refractivity contribution in [2.75, 3.05) is 37.8 Å². The van der Waals surface area contributed by atoms with Crippen molar-refractivity contribution in [3.05, 3.63) is 0 Å². The molecule has 8 heteroatoms. The standard InChI is InChI=1S/C19H35N3O3S.HI/c1-19(8-10-25-11-9-19)15-21-18(22-17-5-3-2-4-6-17)20-13-16-7-12-26(23,24)14-16;/h16-17H,2-15H2,1H3,(H2,20,21,22);1H. The van der Waals surface area contributed by atoms with Gasteiger partial charge in [0.15, 0.2) is 15.8 Å². The summed E-state index contributed by atoms with van der Waals surface area (Å²) in [5, 5.41) is 7.06. The molecule has 0 aromatic rings. The minimum Gasteiger partial charge on any atom is -0.381 e. The Morgan fingerprint density at radius 3 is 2.48 bits per heavy atom. The highest BCUT2D eigenvalue weighted by atomic mass is 127. The summed E-state index contributed by atoms with van der Waals surface area (Å²) < 4.78 is 28.9. The van der Waals surface area contributed by atoms with Crippen molar-refractivity contribution in [2.24, 2.45) is 16.3 Å². The maximum atomic E-state index is 11.7. The first kappa shape index (κ1) is 23.2. The Balaban J connectivity index is 0.00000261. The third-order valence-corrected chi connectivity index (χ3v) is 7.99. The zero-order chi connectivity index (χ0) is 18.5. The second-order valence-electron chi connectivity index (χ2n) is 8.72. The smallest absolute Gasteiger partial charge is 0.191 e. The van der Waals surface area contributed by atoms with E-state index in [0.717, 1.165) is 45.0 Å². The average Bonchev–Trinajstić information content (AvgIpc) is 2.98. The van der Waals surface area contributed by atoms with Gasteiger partial charge in [-0.1, -0.05) is 26.2 Å². The van der Waals surface area contributed by atoms with Gasteiger partial charge in [-0.15, -0.1) is 24.0 Å². The molecule has 0 amide bonds. The van der Waals surface area contributed by atoms with Crippen LogP contribution in [-0.2, 0) is 14.6 Å². The predicted molar refractivity (Wildman–Crippen MR) is 121 cm³/mol. The van der Waals surface area contributed by atoms with Crippen LogP contribution in [0.4, 0.5) is 0 Å². The monoisotopic (exact) mass is 513 g/mol. The summed E-state index contributed by atoms with van der Waals surface area (Å²) in [5.74, 6) is 1.72. The number of guanidine groups is 1. The molecular formula is C19H36IN3O3S. The second-order valence-corrected chi connectivity index (χ2v) is 10.9. The maximum absolute atomic E-state index is 11.7. The molecule has 1 unspecified atom stereocenters. The fourth-order valence-electron chi connectivity index (χ4n) is 4.16. The average molecular weight is 513 g/mol. The van der Waals surface area contributed by atoms with E-state index >= 15 is 0 Å². The zero-order valence-electron chi connectivity index (χ0n) is 16.5. The van der Waals surface area contributed by atoms with E-state index in [1.165, 1.54) is 32.1 Å². The molecule has 3 fully saturated rings. The van der Waals surface area contributed by atoms with Gasteiger partial charge < -0.3 is 15.4 Å². The lowest BCUT2D eigenvalue weighted by molar-refractivity contribution is 0.0283. The molecule has 1 atom stereocenters. The summed E-state index contributed by atoms with van der Waals surface area (Å²) >= 11 is 0. The summed E-state index contributed by atoms with van der Waals surface area (Å²) in [4.78, 5) is 4.90. The summed E-state index contributed by atoms with van der Waals surface area (Å²) in [6.45, 7) is 5.43. The highest BCUT2D eigenvalue weighted by Gasteiger charge is 2.29. The van der Waals surface area contributed by atoms with Crippen LogP contribution in [0.15, 0.2) is 4.99 Å². The van der Waals surface area contributed by atoms with Crippen LogP contribution in [-0.4, -0.2) is 58.2 Å². The van der Waals surface area contributed by atoms with Crippen LogP contribution in [0.2, 0.25) is 0 Å². The largest absolute Gasteiger partial charge is 0.381 e. The summed E-state index contributed by atoms with van der Waals surface area (Å²) in [6.07, 6.45) is 9.15. The number of rotatable bonds is 5. The Bertz CT molecular complexity index is 585. The Morgan fingerprint density at radius 1 is 1.15 bits per heavy atom. The van der Waals surface area contributed by atoms with Crippen LogP contribution in [0.5, 0.6) is 0 Å². The minimum atomic E-state index is -2.82. The molecule has 2 aliphatic heterocycles. The molecule has 2 saturated heterocycles. The van der Waals surface area contributed by atoms with E-state index in [9.17, 15) is 8.42 Å². The second kappa shape index (κ2) is 10.6. The van der Waals surface area contributed by atoms with Crippen LogP contribution in [0.1, 0.15) is 58.3 Å². The molecule has 27 heavy (non-hydrogen) atoms. The highest BCUT2D eigenvalue weighted by Crippen LogP contribution is 2.30. The van der Waals surface area contributed by atoms with Gasteiger partial charge in [-0.05, 0) is 43.4 Å². The van der Waals surface area contributed by atoms with Crippen molar-refractivity contribution in [2.45, 2.75) is 64.3 Å². The first-order valence-electron chi connectivity index (χ1n) is 10.3. The third-order valence-electron chi connectivity index (χ3n) is 6.15. The number of nitrogens with zero attached hydrogens (tertiary/aromatic N) is 1. The van der Waals surface area contributed by atoms with E-state index < -0.39 is 9.84 Å². The highest BCUT2D eigenvalue weighted by molar-refractivity contribution is 14.0.